The summed E-state index contributed by atoms with van der Waals surface area (Å²) in [7, 11) is 0. The first-order valence-electron chi connectivity index (χ1n) is 7.23. The summed E-state index contributed by atoms with van der Waals surface area (Å²) in [6, 6.07) is 10.2. The number of hydrogen-bond donors (Lipinski definition) is 1. The molecule has 0 aliphatic carbocycles. The molecule has 114 valence electrons. The number of carbonyl (C=O) groups excluding carboxylic acids is 1. The van der Waals surface area contributed by atoms with Gasteiger partial charge in [-0.1, -0.05) is 43.0 Å². The van der Waals surface area contributed by atoms with Crippen molar-refractivity contribution in [3.8, 4) is 0 Å². The summed E-state index contributed by atoms with van der Waals surface area (Å²) in [6.45, 7) is 10.2. The number of nitrogens with one attached hydrogen (secondary N) is 1. The highest BCUT2D eigenvalue weighted by Crippen LogP contribution is 2.11. The van der Waals surface area contributed by atoms with Gasteiger partial charge >= 0.3 is 0 Å². The Morgan fingerprint density at radius 3 is 2.73 bits per heavy atom. The molecule has 0 saturated heterocycles. The molecular formula is C18H21N3O. The van der Waals surface area contributed by atoms with Crippen molar-refractivity contribution in [3.63, 3.8) is 0 Å². The molecule has 0 bridgehead atoms. The summed E-state index contributed by atoms with van der Waals surface area (Å²) < 4.78 is 2.12. The number of nitrogens with zero attached hydrogens (tertiary/aromatic N) is 2. The second-order valence-electron chi connectivity index (χ2n) is 5.19. The number of rotatable bonds is 7. The van der Waals surface area contributed by atoms with E-state index in [-0.39, 0.29) is 5.91 Å². The number of benzene rings is 1. The van der Waals surface area contributed by atoms with Crippen LogP contribution in [0.15, 0.2) is 61.3 Å². The Kier molecular flexibility index (Phi) is 5.31. The van der Waals surface area contributed by atoms with Gasteiger partial charge in [0.2, 0.25) is 5.91 Å². The van der Waals surface area contributed by atoms with E-state index in [2.05, 4.69) is 40.2 Å². The normalized spacial score (nSPS) is 10.2. The fraction of sp³-hybridized carbons (Fsp3) is 0.222. The van der Waals surface area contributed by atoms with Gasteiger partial charge in [-0.25, -0.2) is 4.98 Å². The number of imidazole rings is 1. The Labute approximate surface area is 131 Å². The van der Waals surface area contributed by atoms with Crippen LogP contribution < -0.4 is 5.32 Å². The van der Waals surface area contributed by atoms with Crippen LogP contribution in [0.3, 0.4) is 0 Å². The van der Waals surface area contributed by atoms with Crippen LogP contribution in [0.5, 0.6) is 0 Å². The average Bonchev–Trinajstić information content (AvgIpc) is 2.88. The Balaban J connectivity index is 2.20. The van der Waals surface area contributed by atoms with Gasteiger partial charge in [0.15, 0.2) is 0 Å². The highest BCUT2D eigenvalue weighted by molar-refractivity contribution is 5.91. The summed E-state index contributed by atoms with van der Waals surface area (Å²) in [6.07, 6.45) is 4.44. The van der Waals surface area contributed by atoms with Crippen LogP contribution in [0.1, 0.15) is 24.0 Å². The van der Waals surface area contributed by atoms with Gasteiger partial charge in [-0.3, -0.25) is 4.79 Å². The number of aromatic nitrogens is 2. The molecular weight excluding hydrogens is 274 g/mol. The van der Waals surface area contributed by atoms with Crippen molar-refractivity contribution in [2.45, 2.75) is 26.4 Å². The van der Waals surface area contributed by atoms with E-state index in [1.165, 1.54) is 5.56 Å². The average molecular weight is 295 g/mol. The lowest BCUT2D eigenvalue weighted by Crippen LogP contribution is -2.25. The molecule has 4 heteroatoms. The molecule has 0 radical (unpaired) electrons. The Morgan fingerprint density at radius 1 is 1.36 bits per heavy atom. The number of hydrogen-bond acceptors (Lipinski definition) is 2. The lowest BCUT2D eigenvalue weighted by molar-refractivity contribution is -0.117. The van der Waals surface area contributed by atoms with E-state index in [0.717, 1.165) is 24.5 Å². The molecule has 22 heavy (non-hydrogen) atoms. The van der Waals surface area contributed by atoms with E-state index < -0.39 is 0 Å². The van der Waals surface area contributed by atoms with Crippen molar-refractivity contribution in [1.82, 2.24) is 14.9 Å². The molecule has 1 N–H and O–H groups in total. The second-order valence-corrected chi connectivity index (χ2v) is 5.19. The van der Waals surface area contributed by atoms with Crippen LogP contribution in [0.25, 0.3) is 0 Å². The van der Waals surface area contributed by atoms with E-state index in [1.54, 1.807) is 6.92 Å². The van der Waals surface area contributed by atoms with Crippen LogP contribution >= 0.6 is 0 Å². The molecule has 4 nitrogen and oxygen atoms in total. The summed E-state index contributed by atoms with van der Waals surface area (Å²) >= 11 is 0. The van der Waals surface area contributed by atoms with Crippen LogP contribution in [0, 0.1) is 0 Å². The van der Waals surface area contributed by atoms with Crippen LogP contribution in [0.4, 0.5) is 0 Å². The maximum absolute atomic E-state index is 11.7. The van der Waals surface area contributed by atoms with E-state index in [9.17, 15) is 4.79 Å². The third-order valence-corrected chi connectivity index (χ3v) is 3.35. The third-order valence-electron chi connectivity index (χ3n) is 3.35. The fourth-order valence-corrected chi connectivity index (χ4v) is 2.18. The molecule has 2 rings (SSSR count). The zero-order chi connectivity index (χ0) is 15.9. The van der Waals surface area contributed by atoms with Crippen molar-refractivity contribution < 1.29 is 4.79 Å². The van der Waals surface area contributed by atoms with Crippen molar-refractivity contribution in [2.75, 3.05) is 0 Å². The molecule has 0 fully saturated rings. The van der Waals surface area contributed by atoms with Gasteiger partial charge in [0.1, 0.15) is 5.82 Å². The van der Waals surface area contributed by atoms with E-state index >= 15 is 0 Å². The molecule has 0 spiro atoms. The summed E-state index contributed by atoms with van der Waals surface area (Å²) in [5, 5.41) is 2.83. The quantitative estimate of drug-likeness (QED) is 0.630. The number of allylic oxidation sites excluding steroid dienone is 1. The molecule has 1 aromatic heterocycles. The van der Waals surface area contributed by atoms with Crippen LogP contribution in [-0.2, 0) is 24.3 Å². The van der Waals surface area contributed by atoms with Gasteiger partial charge in [-0.05, 0) is 12.5 Å². The van der Waals surface area contributed by atoms with E-state index in [1.807, 2.05) is 30.5 Å². The first-order chi connectivity index (χ1) is 10.6. The van der Waals surface area contributed by atoms with E-state index in [4.69, 9.17) is 0 Å². The maximum Gasteiger partial charge on any atom is 0.246 e. The Hall–Kier alpha value is -2.62. The largest absolute Gasteiger partial charge is 0.345 e. The van der Waals surface area contributed by atoms with Gasteiger partial charge in [-0.15, -0.1) is 6.58 Å². The highest BCUT2D eigenvalue weighted by Gasteiger charge is 2.11. The molecule has 0 saturated carbocycles. The van der Waals surface area contributed by atoms with Gasteiger partial charge in [0, 0.05) is 30.4 Å². The fourth-order valence-electron chi connectivity index (χ4n) is 2.18. The van der Waals surface area contributed by atoms with Crippen molar-refractivity contribution in [1.29, 1.82) is 0 Å². The minimum atomic E-state index is -0.153. The Bertz CT molecular complexity index is 671. The first kappa shape index (κ1) is 15.8. The zero-order valence-corrected chi connectivity index (χ0v) is 12.9. The van der Waals surface area contributed by atoms with Crippen molar-refractivity contribution in [2.24, 2.45) is 0 Å². The summed E-state index contributed by atoms with van der Waals surface area (Å²) in [4.78, 5) is 16.1. The minimum absolute atomic E-state index is 0.153. The predicted molar refractivity (Wildman–Crippen MR) is 88.3 cm³/mol. The lowest BCUT2D eigenvalue weighted by atomic mass is 10.2. The van der Waals surface area contributed by atoms with Gasteiger partial charge in [-0.2, -0.15) is 0 Å². The Morgan fingerprint density at radius 2 is 2.09 bits per heavy atom. The maximum atomic E-state index is 11.7. The standard InChI is InChI=1S/C18H21N3O/c1-4-8-16-11-19-17(12-20-18(22)14(2)3)21(16)13-15-9-6-5-7-10-15/h4-7,9-11H,1-2,8,12-13H2,3H3,(H,20,22). The van der Waals surface area contributed by atoms with Gasteiger partial charge in [0.05, 0.1) is 6.54 Å². The summed E-state index contributed by atoms with van der Waals surface area (Å²) in [5.74, 6) is 0.676. The topological polar surface area (TPSA) is 46.9 Å². The highest BCUT2D eigenvalue weighted by atomic mass is 16.1. The van der Waals surface area contributed by atoms with Gasteiger partial charge in [0.25, 0.3) is 0 Å². The predicted octanol–water partition coefficient (Wildman–Crippen LogP) is 2.85. The molecule has 2 aromatic rings. The van der Waals surface area contributed by atoms with Crippen LogP contribution in [0.2, 0.25) is 0 Å². The van der Waals surface area contributed by atoms with E-state index in [0.29, 0.717) is 12.1 Å². The molecule has 0 aliphatic rings. The third kappa shape index (κ3) is 3.95. The zero-order valence-electron chi connectivity index (χ0n) is 12.9. The molecule has 1 heterocycles. The number of amides is 1. The molecule has 0 aliphatic heterocycles. The molecule has 0 unspecified atom stereocenters. The van der Waals surface area contributed by atoms with Gasteiger partial charge < -0.3 is 9.88 Å². The van der Waals surface area contributed by atoms with Crippen LogP contribution in [-0.4, -0.2) is 15.5 Å². The molecule has 1 aromatic carbocycles. The van der Waals surface area contributed by atoms with Crippen molar-refractivity contribution >= 4 is 5.91 Å². The molecule has 0 atom stereocenters. The van der Waals surface area contributed by atoms with Crippen molar-refractivity contribution in [3.05, 3.63) is 78.4 Å². The minimum Gasteiger partial charge on any atom is -0.345 e. The smallest absolute Gasteiger partial charge is 0.246 e. The lowest BCUT2D eigenvalue weighted by Gasteiger charge is -2.12. The SMILES string of the molecule is C=CCc1cnc(CNC(=O)C(=C)C)n1Cc1ccccc1. The number of carbonyl (C=O) groups is 1. The summed E-state index contributed by atoms with van der Waals surface area (Å²) in [5.41, 5.74) is 2.77. The second kappa shape index (κ2) is 7.41. The monoisotopic (exact) mass is 295 g/mol. The first-order valence-corrected chi connectivity index (χ1v) is 7.23. The molecule has 1 amide bonds.